The van der Waals surface area contributed by atoms with Gasteiger partial charge in [0, 0.05) is 25.7 Å². The van der Waals surface area contributed by atoms with Crippen LogP contribution in [0.25, 0.3) is 0 Å². The number of benzene rings is 1. The molecule has 6 heteroatoms. The number of hydrogen-bond donors (Lipinski definition) is 1. The highest BCUT2D eigenvalue weighted by atomic mass is 79.9. The van der Waals surface area contributed by atoms with Gasteiger partial charge in [0.25, 0.3) is 0 Å². The predicted octanol–water partition coefficient (Wildman–Crippen LogP) is 2.37. The van der Waals surface area contributed by atoms with E-state index in [1.54, 1.807) is 12.1 Å². The number of carbonyl (C=O) groups is 1. The molecular weight excluding hydrogens is 335 g/mol. The van der Waals surface area contributed by atoms with Crippen LogP contribution < -0.4 is 5.32 Å². The van der Waals surface area contributed by atoms with E-state index in [0.29, 0.717) is 16.9 Å². The van der Waals surface area contributed by atoms with E-state index in [-0.39, 0.29) is 24.1 Å². The van der Waals surface area contributed by atoms with E-state index in [0.717, 1.165) is 25.2 Å². The van der Waals surface area contributed by atoms with Crippen LogP contribution in [-0.4, -0.2) is 36.5 Å². The summed E-state index contributed by atoms with van der Waals surface area (Å²) in [4.78, 5) is 14.0. The Hall–Kier alpha value is -0.650. The highest BCUT2D eigenvalue weighted by Crippen LogP contribution is 2.17. The largest absolute Gasteiger partial charge is 0.340 e. The zero-order chi connectivity index (χ0) is 13.1. The quantitative estimate of drug-likeness (QED) is 0.887. The Balaban J connectivity index is 0.00000180. The Morgan fingerprint density at radius 3 is 2.95 bits per heavy atom. The molecule has 1 aromatic rings. The van der Waals surface area contributed by atoms with E-state index in [1.165, 1.54) is 6.07 Å². The number of piperazine rings is 1. The van der Waals surface area contributed by atoms with Gasteiger partial charge in [-0.15, -0.1) is 12.4 Å². The molecule has 1 aliphatic heterocycles. The van der Waals surface area contributed by atoms with Crippen molar-refractivity contribution in [3.8, 4) is 0 Å². The molecule has 1 aliphatic rings. The van der Waals surface area contributed by atoms with Crippen LogP contribution in [0.1, 0.15) is 12.5 Å². The Labute approximate surface area is 127 Å². The van der Waals surface area contributed by atoms with Gasteiger partial charge in [-0.05, 0) is 40.5 Å². The summed E-state index contributed by atoms with van der Waals surface area (Å²) < 4.78 is 13.5. The Kier molecular flexibility index (Phi) is 6.23. The summed E-state index contributed by atoms with van der Waals surface area (Å²) in [6.45, 7) is 4.38. The van der Waals surface area contributed by atoms with E-state index >= 15 is 0 Å². The predicted molar refractivity (Wildman–Crippen MR) is 79.1 cm³/mol. The molecule has 0 unspecified atom stereocenters. The molecule has 106 valence electrons. The van der Waals surface area contributed by atoms with Crippen LogP contribution in [0.4, 0.5) is 4.39 Å². The first-order chi connectivity index (χ1) is 8.56. The van der Waals surface area contributed by atoms with Gasteiger partial charge in [0.2, 0.25) is 5.91 Å². The van der Waals surface area contributed by atoms with Gasteiger partial charge >= 0.3 is 0 Å². The average molecular weight is 352 g/mol. The van der Waals surface area contributed by atoms with E-state index in [1.807, 2.05) is 4.90 Å². The lowest BCUT2D eigenvalue weighted by Crippen LogP contribution is -2.51. The Morgan fingerprint density at radius 2 is 2.32 bits per heavy atom. The summed E-state index contributed by atoms with van der Waals surface area (Å²) in [5.41, 5.74) is 0.833. The first kappa shape index (κ1) is 16.4. The van der Waals surface area contributed by atoms with Crippen LogP contribution in [-0.2, 0) is 11.2 Å². The number of nitrogens with zero attached hydrogens (tertiary/aromatic N) is 1. The lowest BCUT2D eigenvalue weighted by atomic mass is 10.1. The first-order valence-electron chi connectivity index (χ1n) is 6.01. The third kappa shape index (κ3) is 4.44. The second-order valence-corrected chi connectivity index (χ2v) is 5.47. The highest BCUT2D eigenvalue weighted by molar-refractivity contribution is 9.10. The smallest absolute Gasteiger partial charge is 0.227 e. The number of amides is 1. The molecular formula is C13H17BrClFN2O. The normalized spacial score (nSPS) is 18.9. The fourth-order valence-electron chi connectivity index (χ4n) is 2.09. The van der Waals surface area contributed by atoms with Crippen LogP contribution >= 0.6 is 28.3 Å². The molecule has 1 saturated heterocycles. The molecule has 2 rings (SSSR count). The third-order valence-electron chi connectivity index (χ3n) is 3.06. The van der Waals surface area contributed by atoms with Crippen molar-refractivity contribution in [3.05, 3.63) is 34.1 Å². The molecule has 0 radical (unpaired) electrons. The molecule has 1 aromatic carbocycles. The fraction of sp³-hybridized carbons (Fsp3) is 0.462. The minimum atomic E-state index is -0.304. The van der Waals surface area contributed by atoms with Gasteiger partial charge in [0.15, 0.2) is 0 Å². The summed E-state index contributed by atoms with van der Waals surface area (Å²) in [6, 6.07) is 5.04. The van der Waals surface area contributed by atoms with Crippen molar-refractivity contribution in [2.45, 2.75) is 19.4 Å². The molecule has 0 saturated carbocycles. The molecule has 19 heavy (non-hydrogen) atoms. The third-order valence-corrected chi connectivity index (χ3v) is 3.67. The number of nitrogens with one attached hydrogen (secondary N) is 1. The molecule has 0 bridgehead atoms. The summed E-state index contributed by atoms with van der Waals surface area (Å²) in [7, 11) is 0. The van der Waals surface area contributed by atoms with E-state index < -0.39 is 0 Å². The summed E-state index contributed by atoms with van der Waals surface area (Å²) >= 11 is 3.13. The van der Waals surface area contributed by atoms with Gasteiger partial charge in [-0.25, -0.2) is 4.39 Å². The number of carbonyl (C=O) groups excluding carboxylic acids is 1. The van der Waals surface area contributed by atoms with E-state index in [9.17, 15) is 9.18 Å². The molecule has 3 nitrogen and oxygen atoms in total. The van der Waals surface area contributed by atoms with Crippen LogP contribution in [0.5, 0.6) is 0 Å². The van der Waals surface area contributed by atoms with Gasteiger partial charge < -0.3 is 10.2 Å². The van der Waals surface area contributed by atoms with Crippen LogP contribution in [0, 0.1) is 5.82 Å². The molecule has 0 aromatic heterocycles. The van der Waals surface area contributed by atoms with Crippen molar-refractivity contribution in [2.24, 2.45) is 0 Å². The van der Waals surface area contributed by atoms with Gasteiger partial charge in [0.05, 0.1) is 10.9 Å². The lowest BCUT2D eigenvalue weighted by Gasteiger charge is -2.32. The van der Waals surface area contributed by atoms with Gasteiger partial charge in [-0.2, -0.15) is 0 Å². The summed E-state index contributed by atoms with van der Waals surface area (Å²) in [5.74, 6) is -0.205. The minimum Gasteiger partial charge on any atom is -0.340 e. The number of hydrogen-bond acceptors (Lipinski definition) is 2. The minimum absolute atomic E-state index is 0. The number of halogens is 3. The second kappa shape index (κ2) is 7.22. The van der Waals surface area contributed by atoms with Crippen molar-refractivity contribution < 1.29 is 9.18 Å². The second-order valence-electron chi connectivity index (χ2n) is 4.62. The van der Waals surface area contributed by atoms with Crippen molar-refractivity contribution in [1.29, 1.82) is 0 Å². The van der Waals surface area contributed by atoms with Crippen molar-refractivity contribution >= 4 is 34.2 Å². The van der Waals surface area contributed by atoms with Crippen LogP contribution in [0.15, 0.2) is 22.7 Å². The molecule has 1 fully saturated rings. The standard InChI is InChI=1S/C13H16BrFN2O.ClH/c1-9-8-17(5-4-16-9)13(18)7-10-2-3-12(15)11(14)6-10;/h2-3,6,9,16H,4-5,7-8H2,1H3;1H/t9-;/m0./s1. The lowest BCUT2D eigenvalue weighted by molar-refractivity contribution is -0.131. The summed E-state index contributed by atoms with van der Waals surface area (Å²) in [5, 5.41) is 3.30. The first-order valence-corrected chi connectivity index (χ1v) is 6.80. The summed E-state index contributed by atoms with van der Waals surface area (Å²) in [6.07, 6.45) is 0.325. The van der Waals surface area contributed by atoms with Gasteiger partial charge in [-0.1, -0.05) is 6.07 Å². The van der Waals surface area contributed by atoms with E-state index in [4.69, 9.17) is 0 Å². The van der Waals surface area contributed by atoms with Crippen molar-refractivity contribution in [1.82, 2.24) is 10.2 Å². The molecule has 1 heterocycles. The van der Waals surface area contributed by atoms with Gasteiger partial charge in [-0.3, -0.25) is 4.79 Å². The zero-order valence-corrected chi connectivity index (χ0v) is 13.1. The maximum atomic E-state index is 13.1. The van der Waals surface area contributed by atoms with Crippen molar-refractivity contribution in [2.75, 3.05) is 19.6 Å². The van der Waals surface area contributed by atoms with E-state index in [2.05, 4.69) is 28.2 Å². The molecule has 1 N–H and O–H groups in total. The molecule has 0 spiro atoms. The maximum Gasteiger partial charge on any atom is 0.227 e. The van der Waals surface area contributed by atoms with Gasteiger partial charge in [0.1, 0.15) is 5.82 Å². The molecule has 0 aliphatic carbocycles. The van der Waals surface area contributed by atoms with Crippen molar-refractivity contribution in [3.63, 3.8) is 0 Å². The zero-order valence-electron chi connectivity index (χ0n) is 10.7. The fourth-order valence-corrected chi connectivity index (χ4v) is 2.52. The molecule has 1 atom stereocenters. The SMILES string of the molecule is C[C@H]1CN(C(=O)Cc2ccc(F)c(Br)c2)CCN1.Cl. The average Bonchev–Trinajstić information content (AvgIpc) is 2.34. The Bertz CT molecular complexity index is 458. The molecule has 1 amide bonds. The van der Waals surface area contributed by atoms with Crippen LogP contribution in [0.3, 0.4) is 0 Å². The number of rotatable bonds is 2. The maximum absolute atomic E-state index is 13.1. The topological polar surface area (TPSA) is 32.3 Å². The van der Waals surface area contributed by atoms with Crippen LogP contribution in [0.2, 0.25) is 0 Å². The highest BCUT2D eigenvalue weighted by Gasteiger charge is 2.20. The Morgan fingerprint density at radius 1 is 1.58 bits per heavy atom. The monoisotopic (exact) mass is 350 g/mol.